The Balaban J connectivity index is 2.24. The van der Waals surface area contributed by atoms with Crippen molar-refractivity contribution in [2.45, 2.75) is 39.0 Å². The first-order valence-electron chi connectivity index (χ1n) is 6.98. The Hall–Kier alpha value is -1.55. The summed E-state index contributed by atoms with van der Waals surface area (Å²) in [6, 6.07) is 6.69. The Morgan fingerprint density at radius 3 is 2.55 bits per heavy atom. The first-order chi connectivity index (χ1) is 9.63. The first kappa shape index (κ1) is 16.5. The van der Waals surface area contributed by atoms with Crippen LogP contribution in [0.15, 0.2) is 24.3 Å². The summed E-state index contributed by atoms with van der Waals surface area (Å²) in [4.78, 5) is 23.2. The molecule has 20 heavy (non-hydrogen) atoms. The summed E-state index contributed by atoms with van der Waals surface area (Å²) in [6.07, 6.45) is 5.54. The number of hydrogen-bond donors (Lipinski definition) is 2. The molecule has 0 bridgehead atoms. The second kappa shape index (κ2) is 9.37. The summed E-state index contributed by atoms with van der Waals surface area (Å²) >= 11 is 5.80. The smallest absolute Gasteiger partial charge is 0.313 e. The number of amides is 2. The van der Waals surface area contributed by atoms with Crippen molar-refractivity contribution < 1.29 is 9.59 Å². The van der Waals surface area contributed by atoms with E-state index < -0.39 is 11.8 Å². The van der Waals surface area contributed by atoms with Crippen molar-refractivity contribution in [3.05, 3.63) is 29.3 Å². The van der Waals surface area contributed by atoms with E-state index in [1.54, 1.807) is 24.3 Å². The molecule has 0 aliphatic heterocycles. The number of unbranched alkanes of at least 4 members (excludes halogenated alkanes) is 4. The zero-order chi connectivity index (χ0) is 14.8. The third-order valence-electron chi connectivity index (χ3n) is 2.85. The van der Waals surface area contributed by atoms with Crippen molar-refractivity contribution in [1.29, 1.82) is 0 Å². The van der Waals surface area contributed by atoms with Crippen LogP contribution in [-0.4, -0.2) is 18.4 Å². The largest absolute Gasteiger partial charge is 0.348 e. The molecule has 2 N–H and O–H groups in total. The molecule has 0 saturated carbocycles. The van der Waals surface area contributed by atoms with Crippen LogP contribution in [0.4, 0.5) is 5.69 Å². The fourth-order valence-electron chi connectivity index (χ4n) is 1.76. The van der Waals surface area contributed by atoms with Gasteiger partial charge in [0.2, 0.25) is 0 Å². The van der Waals surface area contributed by atoms with Crippen molar-refractivity contribution in [2.24, 2.45) is 0 Å². The molecule has 0 unspecified atom stereocenters. The quantitative estimate of drug-likeness (QED) is 0.599. The topological polar surface area (TPSA) is 58.2 Å². The maximum Gasteiger partial charge on any atom is 0.313 e. The number of hydrogen-bond acceptors (Lipinski definition) is 2. The average Bonchev–Trinajstić information content (AvgIpc) is 2.42. The van der Waals surface area contributed by atoms with E-state index in [0.717, 1.165) is 12.8 Å². The molecule has 2 amide bonds. The highest BCUT2D eigenvalue weighted by Gasteiger charge is 2.12. The molecule has 0 saturated heterocycles. The third-order valence-corrected chi connectivity index (χ3v) is 3.09. The van der Waals surface area contributed by atoms with Gasteiger partial charge in [-0.1, -0.05) is 50.3 Å². The molecular weight excluding hydrogens is 276 g/mol. The van der Waals surface area contributed by atoms with E-state index in [1.807, 2.05) is 0 Å². The number of anilines is 1. The van der Waals surface area contributed by atoms with Gasteiger partial charge in [-0.25, -0.2) is 0 Å². The lowest BCUT2D eigenvalue weighted by Gasteiger charge is -2.06. The van der Waals surface area contributed by atoms with Gasteiger partial charge in [-0.3, -0.25) is 9.59 Å². The van der Waals surface area contributed by atoms with Crippen LogP contribution in [0.5, 0.6) is 0 Å². The second-order valence-electron chi connectivity index (χ2n) is 4.63. The summed E-state index contributed by atoms with van der Waals surface area (Å²) in [7, 11) is 0. The van der Waals surface area contributed by atoms with Gasteiger partial charge in [0, 0.05) is 17.3 Å². The van der Waals surface area contributed by atoms with E-state index in [-0.39, 0.29) is 0 Å². The van der Waals surface area contributed by atoms with Gasteiger partial charge in [-0.15, -0.1) is 0 Å². The molecule has 0 radical (unpaired) electrons. The van der Waals surface area contributed by atoms with Crippen LogP contribution in [0.25, 0.3) is 0 Å². The lowest BCUT2D eigenvalue weighted by molar-refractivity contribution is -0.136. The van der Waals surface area contributed by atoms with Crippen molar-refractivity contribution in [2.75, 3.05) is 11.9 Å². The van der Waals surface area contributed by atoms with Crippen LogP contribution in [0.1, 0.15) is 39.0 Å². The number of rotatable bonds is 7. The summed E-state index contributed by atoms with van der Waals surface area (Å²) < 4.78 is 0. The monoisotopic (exact) mass is 296 g/mol. The molecule has 0 aromatic heterocycles. The Morgan fingerprint density at radius 1 is 1.10 bits per heavy atom. The number of halogens is 1. The van der Waals surface area contributed by atoms with E-state index in [0.29, 0.717) is 17.3 Å². The molecular formula is C15H21ClN2O2. The van der Waals surface area contributed by atoms with Gasteiger partial charge < -0.3 is 10.6 Å². The van der Waals surface area contributed by atoms with E-state index in [4.69, 9.17) is 11.6 Å². The van der Waals surface area contributed by atoms with Gasteiger partial charge >= 0.3 is 11.8 Å². The van der Waals surface area contributed by atoms with Crippen LogP contribution in [0.3, 0.4) is 0 Å². The summed E-state index contributed by atoms with van der Waals surface area (Å²) in [5, 5.41) is 5.63. The Kier molecular flexibility index (Phi) is 7.73. The number of nitrogens with one attached hydrogen (secondary N) is 2. The van der Waals surface area contributed by atoms with Crippen molar-refractivity contribution in [3.8, 4) is 0 Å². The third kappa shape index (κ3) is 6.57. The van der Waals surface area contributed by atoms with Crippen molar-refractivity contribution in [3.63, 3.8) is 0 Å². The molecule has 4 nitrogen and oxygen atoms in total. The van der Waals surface area contributed by atoms with Crippen LogP contribution in [0, 0.1) is 0 Å². The zero-order valence-corrected chi connectivity index (χ0v) is 12.5. The number of carbonyl (C=O) groups is 2. The average molecular weight is 297 g/mol. The Bertz CT molecular complexity index is 449. The summed E-state index contributed by atoms with van der Waals surface area (Å²) in [5.74, 6) is -1.28. The van der Waals surface area contributed by atoms with E-state index >= 15 is 0 Å². The summed E-state index contributed by atoms with van der Waals surface area (Å²) in [5.41, 5.74) is 0.514. The zero-order valence-electron chi connectivity index (χ0n) is 11.7. The van der Waals surface area contributed by atoms with Gasteiger partial charge in [-0.2, -0.15) is 0 Å². The van der Waals surface area contributed by atoms with Crippen molar-refractivity contribution >= 4 is 29.1 Å². The van der Waals surface area contributed by atoms with E-state index in [2.05, 4.69) is 17.6 Å². The standard InChI is InChI=1S/C15H21ClN2O2/c1-2-3-4-5-6-10-17-14(19)15(20)18-13-9-7-8-12(16)11-13/h7-9,11H,2-6,10H2,1H3,(H,17,19)(H,18,20). The van der Waals surface area contributed by atoms with Gasteiger partial charge in [0.05, 0.1) is 0 Å². The minimum atomic E-state index is -0.666. The Labute approximate surface area is 124 Å². The molecule has 0 spiro atoms. The highest BCUT2D eigenvalue weighted by Crippen LogP contribution is 2.14. The van der Waals surface area contributed by atoms with Gasteiger partial charge in [0.25, 0.3) is 0 Å². The number of benzene rings is 1. The second-order valence-corrected chi connectivity index (χ2v) is 5.07. The van der Waals surface area contributed by atoms with Gasteiger partial charge in [0.1, 0.15) is 0 Å². The van der Waals surface area contributed by atoms with Crippen LogP contribution >= 0.6 is 11.6 Å². The molecule has 110 valence electrons. The van der Waals surface area contributed by atoms with Crippen molar-refractivity contribution in [1.82, 2.24) is 5.32 Å². The number of carbonyl (C=O) groups excluding carboxylic acids is 2. The molecule has 0 fully saturated rings. The lowest BCUT2D eigenvalue weighted by Crippen LogP contribution is -2.35. The molecule has 1 rings (SSSR count). The Morgan fingerprint density at radius 2 is 1.85 bits per heavy atom. The fourth-order valence-corrected chi connectivity index (χ4v) is 1.96. The molecule has 1 aromatic carbocycles. The molecule has 0 atom stereocenters. The maximum atomic E-state index is 11.6. The predicted octanol–water partition coefficient (Wildman–Crippen LogP) is 3.37. The normalized spacial score (nSPS) is 10.1. The highest BCUT2D eigenvalue weighted by molar-refractivity contribution is 6.39. The van der Waals surface area contributed by atoms with Crippen LogP contribution in [-0.2, 0) is 9.59 Å². The minimum absolute atomic E-state index is 0.513. The SMILES string of the molecule is CCCCCCCNC(=O)C(=O)Nc1cccc(Cl)c1. The van der Waals surface area contributed by atoms with E-state index in [1.165, 1.54) is 19.3 Å². The lowest BCUT2D eigenvalue weighted by atomic mass is 10.1. The summed E-state index contributed by atoms with van der Waals surface area (Å²) in [6.45, 7) is 2.69. The molecule has 1 aromatic rings. The molecule has 0 aliphatic rings. The van der Waals surface area contributed by atoms with Gasteiger partial charge in [0.15, 0.2) is 0 Å². The highest BCUT2D eigenvalue weighted by atomic mass is 35.5. The molecule has 5 heteroatoms. The molecule has 0 aliphatic carbocycles. The van der Waals surface area contributed by atoms with Crippen LogP contribution < -0.4 is 10.6 Å². The molecule has 0 heterocycles. The van der Waals surface area contributed by atoms with Crippen LogP contribution in [0.2, 0.25) is 5.02 Å². The first-order valence-corrected chi connectivity index (χ1v) is 7.36. The van der Waals surface area contributed by atoms with Gasteiger partial charge in [-0.05, 0) is 24.6 Å². The van der Waals surface area contributed by atoms with E-state index in [9.17, 15) is 9.59 Å². The fraction of sp³-hybridized carbons (Fsp3) is 0.467. The predicted molar refractivity (Wildman–Crippen MR) is 81.9 cm³/mol. The maximum absolute atomic E-state index is 11.6. The minimum Gasteiger partial charge on any atom is -0.348 e.